The van der Waals surface area contributed by atoms with Gasteiger partial charge in [0, 0.05) is 11.4 Å². The number of thiophene rings is 1. The minimum absolute atomic E-state index is 0.0868. The molecule has 0 aliphatic heterocycles. The maximum absolute atomic E-state index is 11.1. The van der Waals surface area contributed by atoms with Gasteiger partial charge in [0.05, 0.1) is 8.93 Å². The maximum Gasteiger partial charge on any atom is 0.236 e. The zero-order valence-corrected chi connectivity index (χ0v) is 10.9. The zero-order valence-electron chi connectivity index (χ0n) is 7.92. The minimum Gasteiger partial charge on any atom is -0.354 e. The number of carbonyl (C=O) groups is 1. The molecule has 1 amide bonds. The van der Waals surface area contributed by atoms with Crippen molar-refractivity contribution in [3.63, 3.8) is 0 Å². The van der Waals surface area contributed by atoms with Gasteiger partial charge in [-0.15, -0.1) is 11.3 Å². The van der Waals surface area contributed by atoms with Gasteiger partial charge < -0.3 is 11.1 Å². The monoisotopic (exact) mass is 324 g/mol. The van der Waals surface area contributed by atoms with Crippen molar-refractivity contribution in [2.75, 3.05) is 6.54 Å². The Kier molecular flexibility index (Phi) is 4.83. The predicted molar refractivity (Wildman–Crippen MR) is 67.4 cm³/mol. The topological polar surface area (TPSA) is 55.1 Å². The second-order valence-corrected chi connectivity index (χ2v) is 6.10. The Balaban J connectivity index is 2.25. The molecule has 3 nitrogen and oxygen atoms in total. The number of hydrogen-bond donors (Lipinski definition) is 2. The smallest absolute Gasteiger partial charge is 0.236 e. The molecule has 1 heterocycles. The third-order valence-electron chi connectivity index (χ3n) is 1.71. The number of amides is 1. The Bertz CT molecular complexity index is 312. The van der Waals surface area contributed by atoms with Crippen molar-refractivity contribution in [1.29, 1.82) is 0 Å². The van der Waals surface area contributed by atoms with Gasteiger partial charge >= 0.3 is 0 Å². The Morgan fingerprint density at radius 2 is 2.43 bits per heavy atom. The molecule has 1 aromatic rings. The Hall–Kier alpha value is -0.140. The molecule has 0 saturated carbocycles. The van der Waals surface area contributed by atoms with Gasteiger partial charge in [0.15, 0.2) is 0 Å². The van der Waals surface area contributed by atoms with Gasteiger partial charge in [0.2, 0.25) is 5.91 Å². The summed E-state index contributed by atoms with van der Waals surface area (Å²) in [6, 6.07) is 3.75. The molecule has 0 aromatic carbocycles. The Morgan fingerprint density at radius 1 is 1.71 bits per heavy atom. The molecule has 0 aliphatic carbocycles. The summed E-state index contributed by atoms with van der Waals surface area (Å²) in [5.74, 6) is -0.0868. The van der Waals surface area contributed by atoms with Crippen LogP contribution >= 0.6 is 33.9 Å². The van der Waals surface area contributed by atoms with E-state index in [1.54, 1.807) is 18.3 Å². The van der Waals surface area contributed by atoms with Crippen LogP contribution in [0.5, 0.6) is 0 Å². The molecule has 78 valence electrons. The van der Waals surface area contributed by atoms with E-state index in [2.05, 4.69) is 40.0 Å². The molecule has 1 atom stereocenters. The van der Waals surface area contributed by atoms with Crippen LogP contribution in [0.1, 0.15) is 11.8 Å². The predicted octanol–water partition coefficient (Wildman–Crippen LogP) is 1.36. The van der Waals surface area contributed by atoms with E-state index in [0.29, 0.717) is 6.54 Å². The summed E-state index contributed by atoms with van der Waals surface area (Å²) in [4.78, 5) is 12.4. The Morgan fingerprint density at radius 3 is 2.93 bits per heavy atom. The largest absolute Gasteiger partial charge is 0.354 e. The van der Waals surface area contributed by atoms with Crippen molar-refractivity contribution in [2.24, 2.45) is 5.73 Å². The second kappa shape index (κ2) is 5.67. The standard InChI is InChI=1S/C9H13IN2OS/c1-6(11)9(13)12-5-4-7-2-3-8(10)14-7/h2-3,6H,4-5,11H2,1H3,(H,12,13)/t6-/m1/s1. The highest BCUT2D eigenvalue weighted by atomic mass is 127. The van der Waals surface area contributed by atoms with Crippen molar-refractivity contribution in [2.45, 2.75) is 19.4 Å². The summed E-state index contributed by atoms with van der Waals surface area (Å²) in [6.07, 6.45) is 0.881. The van der Waals surface area contributed by atoms with Crippen molar-refractivity contribution in [3.05, 3.63) is 19.9 Å². The summed E-state index contributed by atoms with van der Waals surface area (Å²) in [6.45, 7) is 2.35. The first-order valence-corrected chi connectivity index (χ1v) is 6.26. The number of hydrogen-bond acceptors (Lipinski definition) is 3. The summed E-state index contributed by atoms with van der Waals surface area (Å²) < 4.78 is 1.27. The van der Waals surface area contributed by atoms with E-state index in [-0.39, 0.29) is 5.91 Å². The van der Waals surface area contributed by atoms with Gasteiger partial charge in [-0.1, -0.05) is 0 Å². The van der Waals surface area contributed by atoms with Crippen molar-refractivity contribution in [3.8, 4) is 0 Å². The van der Waals surface area contributed by atoms with E-state index in [4.69, 9.17) is 5.73 Å². The molecular weight excluding hydrogens is 311 g/mol. The average molecular weight is 324 g/mol. The first kappa shape index (κ1) is 11.9. The van der Waals surface area contributed by atoms with Gasteiger partial charge in [0.1, 0.15) is 0 Å². The van der Waals surface area contributed by atoms with Crippen LogP contribution in [-0.2, 0) is 11.2 Å². The van der Waals surface area contributed by atoms with E-state index in [1.807, 2.05) is 0 Å². The SMILES string of the molecule is C[C@@H](N)C(=O)NCCc1ccc(I)s1. The molecular formula is C9H13IN2OS. The number of nitrogens with one attached hydrogen (secondary N) is 1. The first-order valence-electron chi connectivity index (χ1n) is 4.37. The molecule has 0 fully saturated rings. The fraction of sp³-hybridized carbons (Fsp3) is 0.444. The number of carbonyl (C=O) groups excluding carboxylic acids is 1. The lowest BCUT2D eigenvalue weighted by molar-refractivity contribution is -0.121. The highest BCUT2D eigenvalue weighted by Crippen LogP contribution is 2.18. The molecule has 14 heavy (non-hydrogen) atoms. The molecule has 1 aromatic heterocycles. The Labute approximate surface area is 101 Å². The summed E-state index contributed by atoms with van der Waals surface area (Å²) >= 11 is 4.04. The van der Waals surface area contributed by atoms with Gasteiger partial charge in [-0.2, -0.15) is 0 Å². The van der Waals surface area contributed by atoms with Gasteiger partial charge in [-0.25, -0.2) is 0 Å². The van der Waals surface area contributed by atoms with Crippen LogP contribution in [-0.4, -0.2) is 18.5 Å². The van der Waals surface area contributed by atoms with Crippen molar-refractivity contribution in [1.82, 2.24) is 5.32 Å². The highest BCUT2D eigenvalue weighted by Gasteiger charge is 2.05. The van der Waals surface area contributed by atoms with E-state index < -0.39 is 6.04 Å². The molecule has 1 rings (SSSR count). The molecule has 0 spiro atoms. The van der Waals surface area contributed by atoms with E-state index in [0.717, 1.165) is 6.42 Å². The highest BCUT2D eigenvalue weighted by molar-refractivity contribution is 14.1. The minimum atomic E-state index is -0.418. The molecule has 5 heteroatoms. The van der Waals surface area contributed by atoms with Crippen LogP contribution in [0, 0.1) is 2.88 Å². The first-order chi connectivity index (χ1) is 6.59. The molecule has 0 radical (unpaired) electrons. The summed E-state index contributed by atoms with van der Waals surface area (Å²) in [5.41, 5.74) is 5.41. The normalized spacial score (nSPS) is 12.5. The number of nitrogens with two attached hydrogens (primary N) is 1. The number of rotatable bonds is 4. The van der Waals surface area contributed by atoms with Crippen molar-refractivity contribution >= 4 is 39.8 Å². The van der Waals surface area contributed by atoms with Crippen LogP contribution in [0.25, 0.3) is 0 Å². The van der Waals surface area contributed by atoms with E-state index in [1.165, 1.54) is 7.76 Å². The lowest BCUT2D eigenvalue weighted by Crippen LogP contribution is -2.39. The van der Waals surface area contributed by atoms with Gasteiger partial charge in [-0.05, 0) is 48.1 Å². The van der Waals surface area contributed by atoms with Crippen molar-refractivity contribution < 1.29 is 4.79 Å². The lowest BCUT2D eigenvalue weighted by atomic mass is 10.3. The van der Waals surface area contributed by atoms with Crippen LogP contribution in [0.3, 0.4) is 0 Å². The van der Waals surface area contributed by atoms with Crippen LogP contribution in [0.4, 0.5) is 0 Å². The number of halogens is 1. The third-order valence-corrected chi connectivity index (χ3v) is 3.67. The van der Waals surface area contributed by atoms with Gasteiger partial charge in [-0.3, -0.25) is 4.79 Å². The molecule has 0 unspecified atom stereocenters. The summed E-state index contributed by atoms with van der Waals surface area (Å²) in [7, 11) is 0. The molecule has 3 N–H and O–H groups in total. The summed E-state index contributed by atoms with van der Waals surface area (Å²) in [5, 5.41) is 2.78. The average Bonchev–Trinajstić information content (AvgIpc) is 2.51. The zero-order chi connectivity index (χ0) is 10.6. The van der Waals surface area contributed by atoms with Gasteiger partial charge in [0.25, 0.3) is 0 Å². The van der Waals surface area contributed by atoms with E-state index in [9.17, 15) is 4.79 Å². The lowest BCUT2D eigenvalue weighted by Gasteiger charge is -2.06. The van der Waals surface area contributed by atoms with Crippen LogP contribution in [0.15, 0.2) is 12.1 Å². The molecule has 0 aliphatic rings. The quantitative estimate of drug-likeness (QED) is 0.822. The fourth-order valence-corrected chi connectivity index (χ4v) is 2.71. The van der Waals surface area contributed by atoms with E-state index >= 15 is 0 Å². The van der Waals surface area contributed by atoms with Crippen LogP contribution in [0.2, 0.25) is 0 Å². The second-order valence-electron chi connectivity index (χ2n) is 3.04. The molecule has 0 saturated heterocycles. The fourth-order valence-electron chi connectivity index (χ4n) is 0.956. The molecule has 0 bridgehead atoms. The third kappa shape index (κ3) is 3.93. The maximum atomic E-state index is 11.1. The van der Waals surface area contributed by atoms with Crippen LogP contribution < -0.4 is 11.1 Å².